The summed E-state index contributed by atoms with van der Waals surface area (Å²) in [4.78, 5) is 3.74. The van der Waals surface area contributed by atoms with Crippen LogP contribution in [0.5, 0.6) is 0 Å². The lowest BCUT2D eigenvalue weighted by Crippen LogP contribution is -1.38. The summed E-state index contributed by atoms with van der Waals surface area (Å²) in [6.45, 7) is 0. The number of hydrogen-bond donors (Lipinski definition) is 0. The standard InChI is InChI=1S/C3H3NS.5CH4/c1-2-5-3-4-1;;;;;/h1-3H;5*1H4. The quantitative estimate of drug-likeness (QED) is 0.558. The molecule has 0 amide bonds. The number of aromatic nitrogens is 1. The molecule has 0 fully saturated rings. The molecule has 0 N–H and O–H groups in total. The van der Waals surface area contributed by atoms with Crippen LogP contribution in [-0.2, 0) is 0 Å². The monoisotopic (exact) mass is 165 g/mol. The van der Waals surface area contributed by atoms with Gasteiger partial charge >= 0.3 is 0 Å². The Balaban J connectivity index is -0.0000000167. The first-order chi connectivity index (χ1) is 2.50. The maximum atomic E-state index is 3.74. The summed E-state index contributed by atoms with van der Waals surface area (Å²) in [7, 11) is 0. The molecule has 0 saturated heterocycles. The molecule has 1 rings (SSSR count). The van der Waals surface area contributed by atoms with Gasteiger partial charge in [0.2, 0.25) is 0 Å². The van der Waals surface area contributed by atoms with Crippen molar-refractivity contribution in [2.24, 2.45) is 0 Å². The second-order valence-electron chi connectivity index (χ2n) is 0.676. The van der Waals surface area contributed by atoms with Gasteiger partial charge in [-0.25, -0.2) is 0 Å². The molecule has 0 aliphatic rings. The molecule has 0 bridgehead atoms. The lowest BCUT2D eigenvalue weighted by Gasteiger charge is -1.41. The van der Waals surface area contributed by atoms with Crippen molar-refractivity contribution in [2.75, 3.05) is 0 Å². The number of hydrogen-bond acceptors (Lipinski definition) is 2. The second-order valence-corrected chi connectivity index (χ2v) is 1.43. The van der Waals surface area contributed by atoms with Crippen LogP contribution < -0.4 is 0 Å². The summed E-state index contributed by atoms with van der Waals surface area (Å²) < 4.78 is 0. The van der Waals surface area contributed by atoms with Gasteiger partial charge in [0.05, 0.1) is 5.51 Å². The number of thiazole rings is 1. The number of rotatable bonds is 0. The molecular weight excluding hydrogens is 142 g/mol. The summed E-state index contributed by atoms with van der Waals surface area (Å²) in [6, 6.07) is 0. The van der Waals surface area contributed by atoms with Crippen molar-refractivity contribution in [3.8, 4) is 0 Å². The van der Waals surface area contributed by atoms with Crippen molar-refractivity contribution in [1.29, 1.82) is 0 Å². The molecule has 1 aromatic heterocycles. The van der Waals surface area contributed by atoms with E-state index in [0.29, 0.717) is 0 Å². The zero-order valence-corrected chi connectivity index (χ0v) is 3.40. The molecule has 0 aromatic carbocycles. The maximum absolute atomic E-state index is 3.74. The first kappa shape index (κ1) is 33.5. The predicted molar refractivity (Wildman–Crippen MR) is 55.8 cm³/mol. The largest absolute Gasteiger partial charge is 0.253 e. The summed E-state index contributed by atoms with van der Waals surface area (Å²) in [5, 5.41) is 1.93. The van der Waals surface area contributed by atoms with Crippen molar-refractivity contribution in [1.82, 2.24) is 4.98 Å². The number of nitrogens with zero attached hydrogens (tertiary/aromatic N) is 1. The highest BCUT2D eigenvalue weighted by molar-refractivity contribution is 7.07. The zero-order valence-electron chi connectivity index (χ0n) is 2.59. The molecule has 0 saturated carbocycles. The van der Waals surface area contributed by atoms with E-state index in [9.17, 15) is 0 Å². The molecule has 0 atom stereocenters. The van der Waals surface area contributed by atoms with E-state index in [2.05, 4.69) is 4.98 Å². The first-order valence-electron chi connectivity index (χ1n) is 1.32. The van der Waals surface area contributed by atoms with Crippen LogP contribution in [0.3, 0.4) is 0 Å². The van der Waals surface area contributed by atoms with Crippen molar-refractivity contribution < 1.29 is 0 Å². The Morgan fingerprint density at radius 2 is 1.40 bits per heavy atom. The van der Waals surface area contributed by atoms with Gasteiger partial charge in [-0.3, -0.25) is 4.98 Å². The van der Waals surface area contributed by atoms with Gasteiger partial charge in [-0.2, -0.15) is 0 Å². The summed E-state index contributed by atoms with van der Waals surface area (Å²) in [6.07, 6.45) is 1.77. The fraction of sp³-hybridized carbons (Fsp3) is 0.625. The average Bonchev–Trinajstić information content (AvgIpc) is 1.76. The van der Waals surface area contributed by atoms with Crippen molar-refractivity contribution >= 4 is 11.3 Å². The molecule has 0 spiro atoms. The molecular formula is C8H23NS. The Morgan fingerprint density at radius 1 is 0.900 bits per heavy atom. The summed E-state index contributed by atoms with van der Waals surface area (Å²) >= 11 is 1.60. The Bertz CT molecular complexity index is 65.7. The zero-order chi connectivity index (χ0) is 3.54. The van der Waals surface area contributed by atoms with Gasteiger partial charge in [0, 0.05) is 11.6 Å². The average molecular weight is 165 g/mol. The van der Waals surface area contributed by atoms with Crippen molar-refractivity contribution in [3.63, 3.8) is 0 Å². The van der Waals surface area contributed by atoms with Crippen LogP contribution in [0.15, 0.2) is 17.1 Å². The highest BCUT2D eigenvalue weighted by Gasteiger charge is 1.59. The van der Waals surface area contributed by atoms with E-state index >= 15 is 0 Å². The summed E-state index contributed by atoms with van der Waals surface area (Å²) in [5.41, 5.74) is 1.79. The van der Waals surface area contributed by atoms with Crippen LogP contribution in [0.1, 0.15) is 37.1 Å². The van der Waals surface area contributed by atoms with E-state index in [1.54, 1.807) is 23.0 Å². The van der Waals surface area contributed by atoms with Crippen LogP contribution in [0.2, 0.25) is 0 Å². The normalized spacial score (nSPS) is 4.00. The van der Waals surface area contributed by atoms with Crippen LogP contribution in [-0.4, -0.2) is 4.98 Å². The van der Waals surface area contributed by atoms with E-state index in [-0.39, 0.29) is 37.1 Å². The summed E-state index contributed by atoms with van der Waals surface area (Å²) in [5.74, 6) is 0. The van der Waals surface area contributed by atoms with Crippen LogP contribution in [0, 0.1) is 0 Å². The molecule has 1 heterocycles. The van der Waals surface area contributed by atoms with Gasteiger partial charge in [-0.15, -0.1) is 11.3 Å². The molecule has 66 valence electrons. The fourth-order valence-corrected chi connectivity index (χ4v) is 0.527. The minimum atomic E-state index is 0. The highest BCUT2D eigenvalue weighted by atomic mass is 32.1. The second kappa shape index (κ2) is 23.4. The molecule has 10 heavy (non-hydrogen) atoms. The lowest BCUT2D eigenvalue weighted by atomic mass is 11.0. The Morgan fingerprint density at radius 3 is 1.50 bits per heavy atom. The Hall–Kier alpha value is -0.370. The van der Waals surface area contributed by atoms with Gasteiger partial charge in [0.1, 0.15) is 0 Å². The Labute approximate surface area is 71.1 Å². The van der Waals surface area contributed by atoms with E-state index < -0.39 is 0 Å². The van der Waals surface area contributed by atoms with Crippen molar-refractivity contribution in [3.05, 3.63) is 17.1 Å². The van der Waals surface area contributed by atoms with E-state index in [1.807, 2.05) is 5.38 Å². The van der Waals surface area contributed by atoms with E-state index in [4.69, 9.17) is 0 Å². The third-order valence-corrected chi connectivity index (χ3v) is 0.869. The maximum Gasteiger partial charge on any atom is 0.0791 e. The van der Waals surface area contributed by atoms with Crippen LogP contribution in [0.4, 0.5) is 0 Å². The molecule has 0 aliphatic heterocycles. The molecule has 1 aromatic rings. The third-order valence-electron chi connectivity index (χ3n) is 0.347. The van der Waals surface area contributed by atoms with Gasteiger partial charge in [-0.1, -0.05) is 37.1 Å². The van der Waals surface area contributed by atoms with Crippen molar-refractivity contribution in [2.45, 2.75) is 37.1 Å². The molecule has 2 heteroatoms. The third kappa shape index (κ3) is 15.6. The Kier molecular flexibility index (Phi) is 78.4. The molecule has 0 radical (unpaired) electrons. The fourth-order valence-electron chi connectivity index (χ4n) is 0.176. The molecule has 0 unspecified atom stereocenters. The topological polar surface area (TPSA) is 12.9 Å². The van der Waals surface area contributed by atoms with Gasteiger partial charge < -0.3 is 0 Å². The first-order valence-corrected chi connectivity index (χ1v) is 2.26. The minimum absolute atomic E-state index is 0. The van der Waals surface area contributed by atoms with E-state index in [0.717, 1.165) is 0 Å². The van der Waals surface area contributed by atoms with Gasteiger partial charge in [0.25, 0.3) is 0 Å². The van der Waals surface area contributed by atoms with E-state index in [1.165, 1.54) is 0 Å². The van der Waals surface area contributed by atoms with Gasteiger partial charge in [-0.05, 0) is 0 Å². The highest BCUT2D eigenvalue weighted by Crippen LogP contribution is 1.85. The van der Waals surface area contributed by atoms with Crippen LogP contribution in [0.25, 0.3) is 0 Å². The molecule has 1 nitrogen and oxygen atoms in total. The predicted octanol–water partition coefficient (Wildman–Crippen LogP) is 4.32. The van der Waals surface area contributed by atoms with Gasteiger partial charge in [0.15, 0.2) is 0 Å². The molecule has 0 aliphatic carbocycles. The van der Waals surface area contributed by atoms with Crippen LogP contribution >= 0.6 is 11.3 Å². The minimum Gasteiger partial charge on any atom is -0.253 e. The lowest BCUT2D eigenvalue weighted by molar-refractivity contribution is 1.43. The SMILES string of the molecule is C.C.C.C.C.c1cscn1. The smallest absolute Gasteiger partial charge is 0.0791 e.